The van der Waals surface area contributed by atoms with Gasteiger partial charge in [-0.15, -0.1) is 0 Å². The van der Waals surface area contributed by atoms with E-state index in [2.05, 4.69) is 26.8 Å². The molecule has 0 radical (unpaired) electrons. The predicted molar refractivity (Wildman–Crippen MR) is 74.0 cm³/mol. The van der Waals surface area contributed by atoms with Gasteiger partial charge in [-0.05, 0) is 23.8 Å². The summed E-state index contributed by atoms with van der Waals surface area (Å²) < 4.78 is 0. The summed E-state index contributed by atoms with van der Waals surface area (Å²) in [6.07, 6.45) is 13.9. The molecule has 1 aliphatic carbocycles. The molecule has 1 unspecified atom stereocenters. The van der Waals surface area contributed by atoms with Gasteiger partial charge in [0, 0.05) is 6.42 Å². The fourth-order valence-electron chi connectivity index (χ4n) is 2.66. The molecule has 0 saturated heterocycles. The van der Waals surface area contributed by atoms with Crippen LogP contribution in [0.3, 0.4) is 0 Å². The summed E-state index contributed by atoms with van der Waals surface area (Å²) in [5, 5.41) is 0. The van der Waals surface area contributed by atoms with E-state index >= 15 is 0 Å². The zero-order valence-electron chi connectivity index (χ0n) is 11.8. The Morgan fingerprint density at radius 2 is 1.82 bits per heavy atom. The molecule has 98 valence electrons. The lowest BCUT2D eigenvalue weighted by molar-refractivity contribution is -0.117. The van der Waals surface area contributed by atoms with Crippen molar-refractivity contribution in [2.24, 2.45) is 11.3 Å². The van der Waals surface area contributed by atoms with Crippen molar-refractivity contribution in [2.45, 2.75) is 72.1 Å². The Balaban J connectivity index is 2.22. The van der Waals surface area contributed by atoms with Gasteiger partial charge in [-0.25, -0.2) is 0 Å². The number of ketones is 1. The third kappa shape index (κ3) is 5.06. The molecular formula is C16H28O. The van der Waals surface area contributed by atoms with Crippen LogP contribution in [-0.4, -0.2) is 5.78 Å². The Hall–Kier alpha value is -0.590. The molecule has 0 aromatic heterocycles. The van der Waals surface area contributed by atoms with E-state index < -0.39 is 0 Å². The van der Waals surface area contributed by atoms with E-state index in [4.69, 9.17) is 0 Å². The van der Waals surface area contributed by atoms with E-state index in [1.807, 2.05) is 0 Å². The summed E-state index contributed by atoms with van der Waals surface area (Å²) in [5.41, 5.74) is 0.220. The maximum absolute atomic E-state index is 11.4. The smallest absolute Gasteiger partial charge is 0.155 e. The summed E-state index contributed by atoms with van der Waals surface area (Å²) in [4.78, 5) is 11.4. The summed E-state index contributed by atoms with van der Waals surface area (Å²) in [7, 11) is 0. The van der Waals surface area contributed by atoms with Crippen molar-refractivity contribution in [3.8, 4) is 0 Å². The van der Waals surface area contributed by atoms with Crippen LogP contribution in [0.5, 0.6) is 0 Å². The highest BCUT2D eigenvalue weighted by atomic mass is 16.1. The topological polar surface area (TPSA) is 17.1 Å². The highest BCUT2D eigenvalue weighted by molar-refractivity contribution is 5.90. The monoisotopic (exact) mass is 236 g/mol. The quantitative estimate of drug-likeness (QED) is 0.574. The van der Waals surface area contributed by atoms with Crippen molar-refractivity contribution in [2.75, 3.05) is 0 Å². The van der Waals surface area contributed by atoms with Gasteiger partial charge < -0.3 is 0 Å². The molecular weight excluding hydrogens is 208 g/mol. The molecule has 1 heteroatoms. The van der Waals surface area contributed by atoms with Gasteiger partial charge in [-0.2, -0.15) is 0 Å². The first-order valence-electron chi connectivity index (χ1n) is 7.28. The van der Waals surface area contributed by atoms with Gasteiger partial charge in [0.15, 0.2) is 5.78 Å². The summed E-state index contributed by atoms with van der Waals surface area (Å²) >= 11 is 0. The molecule has 0 N–H and O–H groups in total. The highest BCUT2D eigenvalue weighted by Crippen LogP contribution is 2.38. The summed E-state index contributed by atoms with van der Waals surface area (Å²) in [6, 6.07) is 0. The minimum Gasteiger partial charge on any atom is -0.295 e. The van der Waals surface area contributed by atoms with Gasteiger partial charge in [0.25, 0.3) is 0 Å². The van der Waals surface area contributed by atoms with Gasteiger partial charge in [0.1, 0.15) is 0 Å². The zero-order chi connectivity index (χ0) is 12.7. The molecule has 0 aromatic carbocycles. The largest absolute Gasteiger partial charge is 0.295 e. The minimum atomic E-state index is 0.220. The second kappa shape index (κ2) is 6.98. The lowest BCUT2D eigenvalue weighted by atomic mass is 9.70. The van der Waals surface area contributed by atoms with Crippen molar-refractivity contribution in [1.82, 2.24) is 0 Å². The van der Waals surface area contributed by atoms with Crippen molar-refractivity contribution >= 4 is 5.78 Å². The van der Waals surface area contributed by atoms with Crippen molar-refractivity contribution in [1.29, 1.82) is 0 Å². The van der Waals surface area contributed by atoms with Crippen LogP contribution >= 0.6 is 0 Å². The number of hydrogen-bond acceptors (Lipinski definition) is 1. The molecule has 0 saturated carbocycles. The predicted octanol–water partition coefficient (Wildman–Crippen LogP) is 4.91. The Morgan fingerprint density at radius 1 is 1.18 bits per heavy atom. The highest BCUT2D eigenvalue weighted by Gasteiger charge is 2.31. The van der Waals surface area contributed by atoms with Crippen LogP contribution < -0.4 is 0 Å². The summed E-state index contributed by atoms with van der Waals surface area (Å²) in [5.74, 6) is 0.881. The molecule has 1 nitrogen and oxygen atoms in total. The normalized spacial score (nSPS) is 23.0. The summed E-state index contributed by atoms with van der Waals surface area (Å²) in [6.45, 7) is 6.78. The second-order valence-electron chi connectivity index (χ2n) is 6.08. The number of rotatable bonds is 7. The fraction of sp³-hybridized carbons (Fsp3) is 0.812. The maximum Gasteiger partial charge on any atom is 0.155 e. The SMILES string of the molecule is CCCCCCCCC1CC(=O)C=CC1(C)C. The van der Waals surface area contributed by atoms with Crippen LogP contribution in [0, 0.1) is 11.3 Å². The van der Waals surface area contributed by atoms with Crippen molar-refractivity contribution in [3.63, 3.8) is 0 Å². The molecule has 0 spiro atoms. The number of carbonyl (C=O) groups excluding carboxylic acids is 1. The molecule has 1 rings (SSSR count). The van der Waals surface area contributed by atoms with E-state index in [0.29, 0.717) is 11.7 Å². The zero-order valence-corrected chi connectivity index (χ0v) is 11.8. The molecule has 0 bridgehead atoms. The average molecular weight is 236 g/mol. The van der Waals surface area contributed by atoms with Crippen molar-refractivity contribution in [3.05, 3.63) is 12.2 Å². The number of unbranched alkanes of at least 4 members (excludes halogenated alkanes) is 5. The second-order valence-corrected chi connectivity index (χ2v) is 6.08. The van der Waals surface area contributed by atoms with E-state index in [9.17, 15) is 4.79 Å². The van der Waals surface area contributed by atoms with Crippen molar-refractivity contribution < 1.29 is 4.79 Å². The lowest BCUT2D eigenvalue weighted by Crippen LogP contribution is -2.27. The third-order valence-corrected chi connectivity index (χ3v) is 4.10. The van der Waals surface area contributed by atoms with Crippen LogP contribution in [-0.2, 0) is 4.79 Å². The van der Waals surface area contributed by atoms with Gasteiger partial charge in [-0.1, -0.05) is 65.4 Å². The number of hydrogen-bond donors (Lipinski definition) is 0. The Labute approximate surface area is 107 Å². The average Bonchev–Trinajstić information content (AvgIpc) is 2.28. The molecule has 0 fully saturated rings. The van der Waals surface area contributed by atoms with Gasteiger partial charge in [-0.3, -0.25) is 4.79 Å². The first-order valence-corrected chi connectivity index (χ1v) is 7.28. The standard InChI is InChI=1S/C16H28O/c1-4-5-6-7-8-9-10-14-13-15(17)11-12-16(14,2)3/h11-12,14H,4-10,13H2,1-3H3. The Kier molecular flexibility index (Phi) is 5.94. The van der Waals surface area contributed by atoms with E-state index in [1.54, 1.807) is 6.08 Å². The Morgan fingerprint density at radius 3 is 2.53 bits per heavy atom. The molecule has 0 aromatic rings. The Bertz CT molecular complexity index is 263. The lowest BCUT2D eigenvalue weighted by Gasteiger charge is -2.34. The van der Waals surface area contributed by atoms with Crippen LogP contribution in [0.4, 0.5) is 0 Å². The van der Waals surface area contributed by atoms with E-state index in [0.717, 1.165) is 6.42 Å². The van der Waals surface area contributed by atoms with Crippen LogP contribution in [0.15, 0.2) is 12.2 Å². The molecule has 0 aliphatic heterocycles. The minimum absolute atomic E-state index is 0.220. The molecule has 1 atom stereocenters. The first-order chi connectivity index (χ1) is 8.06. The van der Waals surface area contributed by atoms with E-state index in [1.165, 1.54) is 44.9 Å². The molecule has 0 amide bonds. The molecule has 1 aliphatic rings. The maximum atomic E-state index is 11.4. The van der Waals surface area contributed by atoms with Gasteiger partial charge >= 0.3 is 0 Å². The van der Waals surface area contributed by atoms with Crippen LogP contribution in [0.1, 0.15) is 72.1 Å². The molecule has 17 heavy (non-hydrogen) atoms. The first kappa shape index (κ1) is 14.5. The van der Waals surface area contributed by atoms with Crippen LogP contribution in [0.25, 0.3) is 0 Å². The third-order valence-electron chi connectivity index (χ3n) is 4.10. The number of carbonyl (C=O) groups is 1. The van der Waals surface area contributed by atoms with Gasteiger partial charge in [0.05, 0.1) is 0 Å². The number of allylic oxidation sites excluding steroid dienone is 2. The van der Waals surface area contributed by atoms with Crippen LogP contribution in [0.2, 0.25) is 0 Å². The molecule has 0 heterocycles. The van der Waals surface area contributed by atoms with Gasteiger partial charge in [0.2, 0.25) is 0 Å². The van der Waals surface area contributed by atoms with E-state index in [-0.39, 0.29) is 5.41 Å². The fourth-order valence-corrected chi connectivity index (χ4v) is 2.66.